The third-order valence-corrected chi connectivity index (χ3v) is 3.10. The number of fused-ring (bicyclic) bond motifs is 3. The van der Waals surface area contributed by atoms with Crippen molar-refractivity contribution >= 4 is 21.7 Å². The summed E-state index contributed by atoms with van der Waals surface area (Å²) in [5.74, 6) is 0.883. The average Bonchev–Trinajstić information content (AvgIpc) is 2.38. The van der Waals surface area contributed by atoms with Crippen molar-refractivity contribution in [3.8, 4) is 5.75 Å². The van der Waals surface area contributed by atoms with Crippen LogP contribution in [-0.2, 0) is 0 Å². The van der Waals surface area contributed by atoms with Gasteiger partial charge in [-0.25, -0.2) is 0 Å². The second kappa shape index (κ2) is 3.74. The Morgan fingerprint density at radius 2 is 1.76 bits per heavy atom. The zero-order chi connectivity index (χ0) is 11.8. The molecule has 0 radical (unpaired) electrons. The molecule has 0 bridgehead atoms. The highest BCUT2D eigenvalue weighted by atomic mass is 16.5. The van der Waals surface area contributed by atoms with Gasteiger partial charge in [0.2, 0.25) is 0 Å². The molecule has 0 aliphatic carbocycles. The van der Waals surface area contributed by atoms with Crippen molar-refractivity contribution in [3.05, 3.63) is 48.2 Å². The summed E-state index contributed by atoms with van der Waals surface area (Å²) in [6.07, 6.45) is 0. The Hall–Kier alpha value is -2.09. The first kappa shape index (κ1) is 10.1. The number of nitrogens with zero attached hydrogens (tertiary/aromatic N) is 1. The largest absolute Gasteiger partial charge is 0.497 e. The Morgan fingerprint density at radius 1 is 0.941 bits per heavy atom. The third-order valence-electron chi connectivity index (χ3n) is 3.10. The maximum absolute atomic E-state index is 5.29. The maximum atomic E-state index is 5.29. The SMILES string of the molecule is COc1ccc2c(C)nc3ccccc3c2c1. The molecule has 0 aliphatic rings. The molecule has 0 fully saturated rings. The molecule has 1 heterocycles. The second-order valence-corrected chi connectivity index (χ2v) is 4.13. The quantitative estimate of drug-likeness (QED) is 0.587. The molecule has 0 N–H and O–H groups in total. The molecular weight excluding hydrogens is 210 g/mol. The number of benzene rings is 2. The first-order valence-corrected chi connectivity index (χ1v) is 5.62. The van der Waals surface area contributed by atoms with Gasteiger partial charge < -0.3 is 4.74 Å². The third kappa shape index (κ3) is 1.53. The zero-order valence-corrected chi connectivity index (χ0v) is 9.90. The fourth-order valence-corrected chi connectivity index (χ4v) is 2.23. The van der Waals surface area contributed by atoms with Gasteiger partial charge in [-0.05, 0) is 36.6 Å². The molecule has 3 rings (SSSR count). The van der Waals surface area contributed by atoms with E-state index < -0.39 is 0 Å². The van der Waals surface area contributed by atoms with Gasteiger partial charge in [-0.3, -0.25) is 4.98 Å². The fraction of sp³-hybridized carbons (Fsp3) is 0.133. The van der Waals surface area contributed by atoms with E-state index in [1.165, 1.54) is 16.2 Å². The van der Waals surface area contributed by atoms with Crippen LogP contribution in [0, 0.1) is 6.92 Å². The molecule has 1 aromatic heterocycles. The molecule has 0 amide bonds. The summed E-state index contributed by atoms with van der Waals surface area (Å²) in [6.45, 7) is 2.04. The smallest absolute Gasteiger partial charge is 0.119 e. The van der Waals surface area contributed by atoms with Crippen LogP contribution < -0.4 is 4.74 Å². The van der Waals surface area contributed by atoms with Crippen LogP contribution in [0.15, 0.2) is 42.5 Å². The van der Waals surface area contributed by atoms with E-state index in [0.717, 1.165) is 17.0 Å². The van der Waals surface area contributed by atoms with Gasteiger partial charge >= 0.3 is 0 Å². The van der Waals surface area contributed by atoms with Crippen molar-refractivity contribution in [3.63, 3.8) is 0 Å². The minimum atomic E-state index is 0.883. The Morgan fingerprint density at radius 3 is 2.59 bits per heavy atom. The summed E-state index contributed by atoms with van der Waals surface area (Å²) in [7, 11) is 1.69. The molecule has 0 saturated carbocycles. The van der Waals surface area contributed by atoms with E-state index in [4.69, 9.17) is 4.74 Å². The molecule has 17 heavy (non-hydrogen) atoms. The van der Waals surface area contributed by atoms with Crippen molar-refractivity contribution in [1.82, 2.24) is 4.98 Å². The molecule has 0 atom stereocenters. The summed E-state index contributed by atoms with van der Waals surface area (Å²) in [6, 6.07) is 14.3. The molecular formula is C15H13NO. The minimum Gasteiger partial charge on any atom is -0.497 e. The van der Waals surface area contributed by atoms with Crippen molar-refractivity contribution in [1.29, 1.82) is 0 Å². The van der Waals surface area contributed by atoms with Gasteiger partial charge in [0.1, 0.15) is 5.75 Å². The predicted octanol–water partition coefficient (Wildman–Crippen LogP) is 3.71. The van der Waals surface area contributed by atoms with Crippen LogP contribution in [-0.4, -0.2) is 12.1 Å². The van der Waals surface area contributed by atoms with E-state index >= 15 is 0 Å². The summed E-state index contributed by atoms with van der Waals surface area (Å²) in [5.41, 5.74) is 2.09. The Kier molecular flexibility index (Phi) is 2.22. The van der Waals surface area contributed by atoms with E-state index in [9.17, 15) is 0 Å². The summed E-state index contributed by atoms with van der Waals surface area (Å²) in [4.78, 5) is 4.62. The Bertz CT molecular complexity index is 704. The number of aryl methyl sites for hydroxylation is 1. The molecule has 0 aliphatic heterocycles. The number of methoxy groups -OCH3 is 1. The number of rotatable bonds is 1. The lowest BCUT2D eigenvalue weighted by Crippen LogP contribution is -1.89. The standard InChI is InChI=1S/C15H13NO/c1-10-12-8-7-11(17-2)9-14(12)13-5-3-4-6-15(13)16-10/h3-9H,1-2H3. The Labute approximate surface area is 99.9 Å². The van der Waals surface area contributed by atoms with Crippen LogP contribution in [0.4, 0.5) is 0 Å². The van der Waals surface area contributed by atoms with Crippen molar-refractivity contribution < 1.29 is 4.74 Å². The van der Waals surface area contributed by atoms with Crippen LogP contribution in [0.25, 0.3) is 21.7 Å². The fourth-order valence-electron chi connectivity index (χ4n) is 2.23. The summed E-state index contributed by atoms with van der Waals surface area (Å²) >= 11 is 0. The van der Waals surface area contributed by atoms with Gasteiger partial charge in [0.05, 0.1) is 12.6 Å². The number of ether oxygens (including phenoxy) is 1. The lowest BCUT2D eigenvalue weighted by Gasteiger charge is -2.08. The topological polar surface area (TPSA) is 22.1 Å². The lowest BCUT2D eigenvalue weighted by molar-refractivity contribution is 0.415. The number of para-hydroxylation sites is 1. The van der Waals surface area contributed by atoms with Crippen LogP contribution >= 0.6 is 0 Å². The first-order chi connectivity index (χ1) is 8.29. The van der Waals surface area contributed by atoms with E-state index in [1.54, 1.807) is 7.11 Å². The highest BCUT2D eigenvalue weighted by Gasteiger charge is 2.05. The van der Waals surface area contributed by atoms with Gasteiger partial charge in [0.25, 0.3) is 0 Å². The van der Waals surface area contributed by atoms with Crippen molar-refractivity contribution in [2.24, 2.45) is 0 Å². The number of aromatic nitrogens is 1. The van der Waals surface area contributed by atoms with Gasteiger partial charge in [-0.1, -0.05) is 18.2 Å². The highest BCUT2D eigenvalue weighted by molar-refractivity contribution is 6.07. The number of hydrogen-bond donors (Lipinski definition) is 0. The van der Waals surface area contributed by atoms with Gasteiger partial charge in [-0.15, -0.1) is 0 Å². The molecule has 0 saturated heterocycles. The number of pyridine rings is 1. The van der Waals surface area contributed by atoms with Crippen LogP contribution in [0.5, 0.6) is 5.75 Å². The zero-order valence-electron chi connectivity index (χ0n) is 9.90. The maximum Gasteiger partial charge on any atom is 0.119 e. The minimum absolute atomic E-state index is 0.883. The summed E-state index contributed by atoms with van der Waals surface area (Å²) in [5, 5.41) is 3.56. The van der Waals surface area contributed by atoms with Crippen LogP contribution in [0.3, 0.4) is 0 Å². The van der Waals surface area contributed by atoms with E-state index in [0.29, 0.717) is 0 Å². The Balaban J connectivity index is 2.52. The second-order valence-electron chi connectivity index (χ2n) is 4.13. The van der Waals surface area contributed by atoms with Gasteiger partial charge in [-0.2, -0.15) is 0 Å². The van der Waals surface area contributed by atoms with Crippen LogP contribution in [0.1, 0.15) is 5.69 Å². The monoisotopic (exact) mass is 223 g/mol. The molecule has 2 heteroatoms. The predicted molar refractivity (Wildman–Crippen MR) is 70.5 cm³/mol. The highest BCUT2D eigenvalue weighted by Crippen LogP contribution is 2.29. The van der Waals surface area contributed by atoms with Gasteiger partial charge in [0.15, 0.2) is 0 Å². The average molecular weight is 223 g/mol. The van der Waals surface area contributed by atoms with Crippen molar-refractivity contribution in [2.75, 3.05) is 7.11 Å². The van der Waals surface area contributed by atoms with Crippen molar-refractivity contribution in [2.45, 2.75) is 6.92 Å². The van der Waals surface area contributed by atoms with E-state index in [2.05, 4.69) is 23.2 Å². The normalized spacial score (nSPS) is 10.9. The number of hydrogen-bond acceptors (Lipinski definition) is 2. The van der Waals surface area contributed by atoms with E-state index in [-0.39, 0.29) is 0 Å². The lowest BCUT2D eigenvalue weighted by atomic mass is 10.0. The van der Waals surface area contributed by atoms with Gasteiger partial charge in [0, 0.05) is 16.5 Å². The molecule has 2 nitrogen and oxygen atoms in total. The van der Waals surface area contributed by atoms with E-state index in [1.807, 2.05) is 31.2 Å². The van der Waals surface area contributed by atoms with Crippen LogP contribution in [0.2, 0.25) is 0 Å². The molecule has 0 spiro atoms. The molecule has 2 aromatic carbocycles. The first-order valence-electron chi connectivity index (χ1n) is 5.62. The molecule has 84 valence electrons. The molecule has 3 aromatic rings. The summed E-state index contributed by atoms with van der Waals surface area (Å²) < 4.78 is 5.29. The molecule has 0 unspecified atom stereocenters.